The van der Waals surface area contributed by atoms with E-state index in [0.717, 1.165) is 4.88 Å². The fourth-order valence-corrected chi connectivity index (χ4v) is 4.43. The third-order valence-electron chi connectivity index (χ3n) is 5.31. The van der Waals surface area contributed by atoms with Crippen molar-refractivity contribution in [3.8, 4) is 16.5 Å². The van der Waals surface area contributed by atoms with E-state index in [2.05, 4.69) is 15.3 Å². The number of likely N-dealkylation sites (tertiary alicyclic amines) is 1. The zero-order valence-electron chi connectivity index (χ0n) is 20.8. The molecule has 2 N–H and O–H groups in total. The third-order valence-corrected chi connectivity index (χ3v) is 6.20. The monoisotopic (exact) mass is 504 g/mol. The Hall–Kier alpha value is -3.21. The lowest BCUT2D eigenvalue weighted by Gasteiger charge is -2.35. The molecule has 0 radical (unpaired) electrons. The van der Waals surface area contributed by atoms with Crippen LogP contribution in [0.2, 0.25) is 0 Å². The second-order valence-corrected chi connectivity index (χ2v) is 11.4. The van der Waals surface area contributed by atoms with Gasteiger partial charge in [0.25, 0.3) is 0 Å². The lowest BCUT2D eigenvalue weighted by atomic mass is 9.85. The number of nitrogens with zero attached hydrogens (tertiary/aromatic N) is 3. The number of carbonyl (C=O) groups is 3. The number of carboxylic acid groups (broad SMARTS) is 1. The molecule has 2 aromatic rings. The first-order valence-electron chi connectivity index (χ1n) is 11.3. The first kappa shape index (κ1) is 26.4. The van der Waals surface area contributed by atoms with Crippen LogP contribution in [-0.2, 0) is 14.3 Å². The van der Waals surface area contributed by atoms with Crippen LogP contribution in [0.5, 0.6) is 5.88 Å². The number of ether oxygens (including phenoxy) is 2. The Bertz CT molecular complexity index is 1060. The summed E-state index contributed by atoms with van der Waals surface area (Å²) in [6.07, 6.45) is 0.139. The van der Waals surface area contributed by atoms with Crippen molar-refractivity contribution in [3.05, 3.63) is 29.9 Å². The van der Waals surface area contributed by atoms with E-state index in [1.807, 2.05) is 17.5 Å². The van der Waals surface area contributed by atoms with Gasteiger partial charge in [-0.25, -0.2) is 19.6 Å². The Kier molecular flexibility index (Phi) is 7.68. The lowest BCUT2D eigenvalue weighted by Crippen LogP contribution is -2.57. The summed E-state index contributed by atoms with van der Waals surface area (Å²) in [6, 6.07) is 3.43. The summed E-state index contributed by atoms with van der Waals surface area (Å²) in [7, 11) is 0. The van der Waals surface area contributed by atoms with Crippen LogP contribution in [0.1, 0.15) is 48.0 Å². The van der Waals surface area contributed by atoms with Crippen LogP contribution in [0.3, 0.4) is 0 Å². The molecule has 1 fully saturated rings. The van der Waals surface area contributed by atoms with E-state index >= 15 is 0 Å². The molecule has 2 amide bonds. The zero-order chi connectivity index (χ0) is 26.0. The van der Waals surface area contributed by atoms with Crippen molar-refractivity contribution in [1.29, 1.82) is 0 Å². The molecule has 190 valence electrons. The summed E-state index contributed by atoms with van der Waals surface area (Å²) < 4.78 is 11.3. The van der Waals surface area contributed by atoms with Gasteiger partial charge in [0.1, 0.15) is 30.1 Å². The van der Waals surface area contributed by atoms with E-state index in [-0.39, 0.29) is 13.0 Å². The molecule has 3 atom stereocenters. The van der Waals surface area contributed by atoms with Crippen molar-refractivity contribution in [2.24, 2.45) is 5.41 Å². The maximum absolute atomic E-state index is 13.5. The van der Waals surface area contributed by atoms with Crippen LogP contribution >= 0.6 is 11.3 Å². The molecule has 2 aromatic heterocycles. The highest BCUT2D eigenvalue weighted by Gasteiger charge is 2.46. The number of aliphatic carboxylic acids is 1. The van der Waals surface area contributed by atoms with Gasteiger partial charge in [-0.2, -0.15) is 0 Å². The number of nitrogens with one attached hydrogen (secondary N) is 1. The van der Waals surface area contributed by atoms with Gasteiger partial charge in [-0.15, -0.1) is 11.3 Å². The van der Waals surface area contributed by atoms with E-state index in [9.17, 15) is 19.5 Å². The Morgan fingerprint density at radius 1 is 1.20 bits per heavy atom. The molecule has 0 saturated carbocycles. The number of amides is 2. The second kappa shape index (κ2) is 10.2. The second-order valence-electron chi connectivity index (χ2n) is 10.5. The molecule has 11 heteroatoms. The van der Waals surface area contributed by atoms with Crippen LogP contribution in [0, 0.1) is 5.41 Å². The summed E-state index contributed by atoms with van der Waals surface area (Å²) in [5, 5.41) is 14.4. The third kappa shape index (κ3) is 6.91. The molecule has 3 heterocycles. The smallest absolute Gasteiger partial charge is 0.408 e. The molecular weight excluding hydrogens is 472 g/mol. The molecule has 1 aliphatic heterocycles. The quantitative estimate of drug-likeness (QED) is 0.610. The summed E-state index contributed by atoms with van der Waals surface area (Å²) >= 11 is 1.53. The number of carbonyl (C=O) groups excluding carboxylic acids is 2. The van der Waals surface area contributed by atoms with E-state index in [4.69, 9.17) is 9.47 Å². The molecule has 35 heavy (non-hydrogen) atoms. The van der Waals surface area contributed by atoms with E-state index in [1.165, 1.54) is 22.6 Å². The van der Waals surface area contributed by atoms with E-state index in [0.29, 0.717) is 11.6 Å². The van der Waals surface area contributed by atoms with Crippen molar-refractivity contribution >= 4 is 29.3 Å². The standard InChI is InChI=1S/C24H32N4O6S/c1-23(2,3)19(27-22(32)34-24(4,5)6)20(29)28-12-14(10-16(28)21(30)31)33-18-11-15(25-13-26-18)17-8-7-9-35-17/h7-9,11,13-14,16,19H,10,12H2,1-6H3,(H,27,32)(H,30,31). The minimum atomic E-state index is -1.14. The Morgan fingerprint density at radius 3 is 2.49 bits per heavy atom. The van der Waals surface area contributed by atoms with Gasteiger partial charge in [0.2, 0.25) is 11.8 Å². The Labute approximate surface area is 208 Å². The van der Waals surface area contributed by atoms with Gasteiger partial charge in [-0.05, 0) is 37.6 Å². The average Bonchev–Trinajstić information content (AvgIpc) is 3.40. The fraction of sp³-hybridized carbons (Fsp3) is 0.542. The van der Waals surface area contributed by atoms with E-state index < -0.39 is 47.2 Å². The van der Waals surface area contributed by atoms with Crippen molar-refractivity contribution in [1.82, 2.24) is 20.2 Å². The molecule has 1 aliphatic rings. The van der Waals surface area contributed by atoms with Gasteiger partial charge in [-0.1, -0.05) is 26.8 Å². The number of alkyl carbamates (subject to hydrolysis) is 1. The first-order valence-corrected chi connectivity index (χ1v) is 12.2. The van der Waals surface area contributed by atoms with Crippen LogP contribution in [0.15, 0.2) is 29.9 Å². The van der Waals surface area contributed by atoms with Crippen molar-refractivity contribution in [2.75, 3.05) is 6.54 Å². The fourth-order valence-electron chi connectivity index (χ4n) is 3.73. The topological polar surface area (TPSA) is 131 Å². The van der Waals surface area contributed by atoms with Gasteiger partial charge in [0.15, 0.2) is 0 Å². The highest BCUT2D eigenvalue weighted by atomic mass is 32.1. The maximum Gasteiger partial charge on any atom is 0.408 e. The van der Waals surface area contributed by atoms with Gasteiger partial charge < -0.3 is 24.8 Å². The lowest BCUT2D eigenvalue weighted by molar-refractivity contribution is -0.150. The largest absolute Gasteiger partial charge is 0.480 e. The molecule has 0 bridgehead atoms. The van der Waals surface area contributed by atoms with Gasteiger partial charge in [-0.3, -0.25) is 4.79 Å². The molecule has 10 nitrogen and oxygen atoms in total. The van der Waals surface area contributed by atoms with Crippen molar-refractivity contribution in [2.45, 2.75) is 71.8 Å². The summed E-state index contributed by atoms with van der Waals surface area (Å²) in [5.74, 6) is -1.36. The van der Waals surface area contributed by atoms with Crippen molar-refractivity contribution in [3.63, 3.8) is 0 Å². The minimum Gasteiger partial charge on any atom is -0.480 e. The maximum atomic E-state index is 13.5. The Morgan fingerprint density at radius 2 is 1.91 bits per heavy atom. The summed E-state index contributed by atoms with van der Waals surface area (Å²) in [6.45, 7) is 10.6. The van der Waals surface area contributed by atoms with Crippen LogP contribution in [0.4, 0.5) is 4.79 Å². The van der Waals surface area contributed by atoms with Gasteiger partial charge in [0.05, 0.1) is 17.1 Å². The number of aromatic nitrogens is 2. The molecule has 0 aromatic carbocycles. The molecule has 0 aliphatic carbocycles. The van der Waals surface area contributed by atoms with Crippen LogP contribution < -0.4 is 10.1 Å². The molecule has 1 saturated heterocycles. The molecular formula is C24H32N4O6S. The zero-order valence-corrected chi connectivity index (χ0v) is 21.6. The number of thiophene rings is 1. The van der Waals surface area contributed by atoms with Crippen LogP contribution in [-0.4, -0.2) is 68.3 Å². The predicted molar refractivity (Wildman–Crippen MR) is 130 cm³/mol. The number of carboxylic acids is 1. The molecule has 3 rings (SSSR count). The number of hydrogen-bond acceptors (Lipinski definition) is 8. The van der Waals surface area contributed by atoms with Crippen molar-refractivity contribution < 1.29 is 29.0 Å². The SMILES string of the molecule is CC(C)(C)OC(=O)NC(C(=O)N1CC(Oc2cc(-c3cccs3)ncn2)CC1C(=O)O)C(C)(C)C. The first-order chi connectivity index (χ1) is 16.2. The predicted octanol–water partition coefficient (Wildman–Crippen LogP) is 3.58. The minimum absolute atomic E-state index is 0.0384. The normalized spacial score (nSPS) is 19.2. The highest BCUT2D eigenvalue weighted by Crippen LogP contribution is 2.29. The molecule has 3 unspecified atom stereocenters. The Balaban J connectivity index is 1.77. The number of rotatable bonds is 6. The van der Waals surface area contributed by atoms with E-state index in [1.54, 1.807) is 47.6 Å². The summed E-state index contributed by atoms with van der Waals surface area (Å²) in [4.78, 5) is 48.6. The summed E-state index contributed by atoms with van der Waals surface area (Å²) in [5.41, 5.74) is -0.746. The molecule has 0 spiro atoms. The average molecular weight is 505 g/mol. The van der Waals surface area contributed by atoms with Crippen LogP contribution in [0.25, 0.3) is 10.6 Å². The van der Waals surface area contributed by atoms with Gasteiger partial charge >= 0.3 is 12.1 Å². The number of hydrogen-bond donors (Lipinski definition) is 2. The highest BCUT2D eigenvalue weighted by molar-refractivity contribution is 7.13. The van der Waals surface area contributed by atoms with Gasteiger partial charge in [0, 0.05) is 12.5 Å².